The molecular formula is C23H31NO4S. The lowest BCUT2D eigenvalue weighted by molar-refractivity contribution is -0.138. The van der Waals surface area contributed by atoms with Crippen LogP contribution in [0.4, 0.5) is 0 Å². The van der Waals surface area contributed by atoms with Crippen molar-refractivity contribution >= 4 is 17.7 Å². The van der Waals surface area contributed by atoms with E-state index in [1.165, 1.54) is 17.3 Å². The number of hydrogen-bond acceptors (Lipinski definition) is 5. The lowest BCUT2D eigenvalue weighted by atomic mass is 9.88. The highest BCUT2D eigenvalue weighted by Crippen LogP contribution is 2.34. The monoisotopic (exact) mass is 417 g/mol. The van der Waals surface area contributed by atoms with Gasteiger partial charge in [-0.15, -0.1) is 11.8 Å². The average molecular weight is 418 g/mol. The Kier molecular flexibility index (Phi) is 7.06. The Morgan fingerprint density at radius 3 is 2.69 bits per heavy atom. The van der Waals surface area contributed by atoms with E-state index in [2.05, 4.69) is 24.0 Å². The quantitative estimate of drug-likeness (QED) is 0.600. The van der Waals surface area contributed by atoms with E-state index in [4.69, 9.17) is 9.15 Å². The van der Waals surface area contributed by atoms with Crippen LogP contribution in [0.15, 0.2) is 28.7 Å². The average Bonchev–Trinajstić information content (AvgIpc) is 3.06. The number of aromatic nitrogens is 1. The molecule has 2 atom stereocenters. The van der Waals surface area contributed by atoms with Gasteiger partial charge in [0.1, 0.15) is 16.2 Å². The maximum Gasteiger partial charge on any atom is 0.319 e. The van der Waals surface area contributed by atoms with Crippen molar-refractivity contribution in [3.8, 4) is 11.5 Å². The fourth-order valence-electron chi connectivity index (χ4n) is 3.51. The number of nitrogens with zero attached hydrogens (tertiary/aromatic N) is 1. The Morgan fingerprint density at radius 2 is 2.00 bits per heavy atom. The third-order valence-electron chi connectivity index (χ3n) is 5.58. The molecule has 1 heterocycles. The van der Waals surface area contributed by atoms with Gasteiger partial charge < -0.3 is 14.3 Å². The van der Waals surface area contributed by atoms with E-state index in [0.29, 0.717) is 18.4 Å². The van der Waals surface area contributed by atoms with Crippen LogP contribution in [0.3, 0.4) is 0 Å². The first-order chi connectivity index (χ1) is 13.7. The number of carboxylic acids is 1. The first-order valence-corrected chi connectivity index (χ1v) is 11.3. The smallest absolute Gasteiger partial charge is 0.319 e. The van der Waals surface area contributed by atoms with Crippen LogP contribution in [0.5, 0.6) is 0 Å². The second-order valence-corrected chi connectivity index (χ2v) is 10.1. The lowest BCUT2D eigenvalue weighted by Gasteiger charge is -2.30. The van der Waals surface area contributed by atoms with E-state index in [0.717, 1.165) is 48.5 Å². The highest BCUT2D eigenvalue weighted by atomic mass is 32.2. The zero-order valence-electron chi connectivity index (χ0n) is 17.7. The van der Waals surface area contributed by atoms with Crippen LogP contribution in [0.2, 0.25) is 0 Å². The normalized spacial score (nSPS) is 20.0. The lowest BCUT2D eigenvalue weighted by Crippen LogP contribution is -2.30. The van der Waals surface area contributed by atoms with Crippen LogP contribution in [0.25, 0.3) is 11.5 Å². The molecule has 5 nitrogen and oxygen atoms in total. The Balaban J connectivity index is 1.53. The summed E-state index contributed by atoms with van der Waals surface area (Å²) >= 11 is 1.53. The fraction of sp³-hybridized carbons (Fsp3) is 0.565. The number of ether oxygens (including phenoxy) is 1. The van der Waals surface area contributed by atoms with E-state index in [9.17, 15) is 9.90 Å². The molecule has 0 aliphatic heterocycles. The van der Waals surface area contributed by atoms with Gasteiger partial charge in [-0.2, -0.15) is 0 Å². The fourth-order valence-corrected chi connectivity index (χ4v) is 4.59. The van der Waals surface area contributed by atoms with Crippen LogP contribution in [-0.2, 0) is 16.1 Å². The molecule has 1 saturated carbocycles. The molecule has 0 saturated heterocycles. The number of hydrogen-bond donors (Lipinski definition) is 1. The molecule has 1 N–H and O–H groups in total. The summed E-state index contributed by atoms with van der Waals surface area (Å²) in [6.45, 7) is 7.98. The van der Waals surface area contributed by atoms with Gasteiger partial charge in [0.25, 0.3) is 0 Å². The molecule has 1 aromatic heterocycles. The Labute approximate surface area is 177 Å². The van der Waals surface area contributed by atoms with Gasteiger partial charge in [0, 0.05) is 5.56 Å². The molecular weight excluding hydrogens is 386 g/mol. The van der Waals surface area contributed by atoms with Gasteiger partial charge in [-0.1, -0.05) is 24.1 Å². The van der Waals surface area contributed by atoms with Gasteiger partial charge in [0.2, 0.25) is 5.89 Å². The van der Waals surface area contributed by atoms with Crippen LogP contribution < -0.4 is 0 Å². The SMILES string of the molecule is Cc1ccc(-c2nc(CO[C@@H]3CCC[C@H](CSC(C)(C)C(=O)O)C3)c(C)o2)cc1. The maximum absolute atomic E-state index is 11.3. The number of oxazole rings is 1. The van der Waals surface area contributed by atoms with Gasteiger partial charge in [-0.05, 0) is 70.8 Å². The minimum absolute atomic E-state index is 0.196. The van der Waals surface area contributed by atoms with E-state index in [1.54, 1.807) is 13.8 Å². The zero-order chi connectivity index (χ0) is 21.0. The van der Waals surface area contributed by atoms with Gasteiger partial charge in [0.05, 0.1) is 12.7 Å². The van der Waals surface area contributed by atoms with Crippen LogP contribution >= 0.6 is 11.8 Å². The highest BCUT2D eigenvalue weighted by molar-refractivity contribution is 8.01. The summed E-state index contributed by atoms with van der Waals surface area (Å²) in [7, 11) is 0. The number of carboxylic acid groups (broad SMARTS) is 1. The van der Waals surface area contributed by atoms with Gasteiger partial charge in [-0.25, -0.2) is 4.98 Å². The molecule has 0 unspecified atom stereocenters. The van der Waals surface area contributed by atoms with Gasteiger partial charge in [-0.3, -0.25) is 4.79 Å². The van der Waals surface area contributed by atoms with E-state index < -0.39 is 10.7 Å². The maximum atomic E-state index is 11.3. The topological polar surface area (TPSA) is 72.6 Å². The largest absolute Gasteiger partial charge is 0.480 e. The summed E-state index contributed by atoms with van der Waals surface area (Å²) in [5, 5.41) is 9.30. The standard InChI is InChI=1S/C23H31NO4S/c1-15-8-10-18(11-9-15)21-24-20(16(2)28-21)13-27-19-7-5-6-17(12-19)14-29-23(3,4)22(25)26/h8-11,17,19H,5-7,12-14H2,1-4H3,(H,25,26)/t17-,19+/m0/s1. The summed E-state index contributed by atoms with van der Waals surface area (Å²) in [6.07, 6.45) is 4.48. The zero-order valence-corrected chi connectivity index (χ0v) is 18.6. The third kappa shape index (κ3) is 5.86. The predicted molar refractivity (Wildman–Crippen MR) is 116 cm³/mol. The Morgan fingerprint density at radius 1 is 1.28 bits per heavy atom. The number of carbonyl (C=O) groups is 1. The van der Waals surface area contributed by atoms with Crippen molar-refractivity contribution in [2.45, 2.75) is 70.8 Å². The summed E-state index contributed by atoms with van der Waals surface area (Å²) in [5.74, 6) is 2.04. The van der Waals surface area contributed by atoms with Crippen molar-refractivity contribution in [2.24, 2.45) is 5.92 Å². The molecule has 1 fully saturated rings. The number of aryl methyl sites for hydroxylation is 2. The second-order valence-electron chi connectivity index (χ2n) is 8.48. The molecule has 0 spiro atoms. The van der Waals surface area contributed by atoms with E-state index in [-0.39, 0.29) is 6.10 Å². The molecule has 1 aromatic carbocycles. The summed E-state index contributed by atoms with van der Waals surface area (Å²) in [4.78, 5) is 15.9. The second kappa shape index (κ2) is 9.35. The number of benzene rings is 1. The number of aliphatic carboxylic acids is 1. The number of rotatable bonds is 8. The first kappa shape index (κ1) is 21.9. The van der Waals surface area contributed by atoms with E-state index in [1.807, 2.05) is 19.1 Å². The van der Waals surface area contributed by atoms with Crippen molar-refractivity contribution in [3.63, 3.8) is 0 Å². The summed E-state index contributed by atoms with van der Waals surface area (Å²) in [5.41, 5.74) is 3.03. The molecule has 6 heteroatoms. The van der Waals surface area contributed by atoms with Crippen LogP contribution in [-0.4, -0.2) is 32.7 Å². The molecule has 2 aromatic rings. The predicted octanol–water partition coefficient (Wildman–Crippen LogP) is 5.63. The minimum atomic E-state index is -0.753. The molecule has 1 aliphatic carbocycles. The highest BCUT2D eigenvalue weighted by Gasteiger charge is 2.30. The molecule has 0 radical (unpaired) electrons. The third-order valence-corrected chi connectivity index (χ3v) is 7.11. The van der Waals surface area contributed by atoms with E-state index >= 15 is 0 Å². The Bertz CT molecular complexity index is 828. The summed E-state index contributed by atoms with van der Waals surface area (Å²) < 4.78 is 11.3. The first-order valence-electron chi connectivity index (χ1n) is 10.3. The number of thioether (sulfide) groups is 1. The molecule has 158 valence electrons. The summed E-state index contributed by atoms with van der Waals surface area (Å²) in [6, 6.07) is 8.15. The van der Waals surface area contributed by atoms with Gasteiger partial charge in [0.15, 0.2) is 0 Å². The van der Waals surface area contributed by atoms with Crippen LogP contribution in [0.1, 0.15) is 56.5 Å². The van der Waals surface area contributed by atoms with Crippen molar-refractivity contribution < 1.29 is 19.1 Å². The van der Waals surface area contributed by atoms with Crippen molar-refractivity contribution in [1.82, 2.24) is 4.98 Å². The molecule has 29 heavy (non-hydrogen) atoms. The molecule has 0 amide bonds. The molecule has 0 bridgehead atoms. The van der Waals surface area contributed by atoms with Crippen molar-refractivity contribution in [1.29, 1.82) is 0 Å². The van der Waals surface area contributed by atoms with Gasteiger partial charge >= 0.3 is 5.97 Å². The molecule has 1 aliphatic rings. The Hall–Kier alpha value is -1.79. The molecule has 3 rings (SSSR count). The van der Waals surface area contributed by atoms with Crippen LogP contribution in [0, 0.1) is 19.8 Å². The van der Waals surface area contributed by atoms with Crippen molar-refractivity contribution in [3.05, 3.63) is 41.3 Å². The minimum Gasteiger partial charge on any atom is -0.480 e. The van der Waals surface area contributed by atoms with Crippen molar-refractivity contribution in [2.75, 3.05) is 5.75 Å².